The Hall–Kier alpha value is -4.92. The molecule has 1 nitrogen and oxygen atoms in total. The molecule has 0 bridgehead atoms. The number of aryl methyl sites for hydroxylation is 1. The molecule has 7 aromatic carbocycles. The summed E-state index contributed by atoms with van der Waals surface area (Å²) in [4.78, 5) is 0. The summed E-state index contributed by atoms with van der Waals surface area (Å²) in [5, 5.41) is 5.40. The zero-order valence-electron chi connectivity index (χ0n) is 27.5. The smallest absolute Gasteiger partial charge is 0.0683 e. The minimum Gasteiger partial charge on any atom is -0.309 e. The van der Waals surface area contributed by atoms with Crippen molar-refractivity contribution in [2.75, 3.05) is 0 Å². The van der Waals surface area contributed by atoms with Crippen molar-refractivity contribution in [3.8, 4) is 33.4 Å². The quantitative estimate of drug-likeness (QED) is 0.175. The zero-order chi connectivity index (χ0) is 32.1. The number of aromatic nitrogens is 1. The van der Waals surface area contributed by atoms with Gasteiger partial charge in [-0.25, -0.2) is 0 Å². The summed E-state index contributed by atoms with van der Waals surface area (Å²) in [6, 6.07) is 47.4. The highest BCUT2D eigenvalue weighted by molar-refractivity contribution is 7.15. The van der Waals surface area contributed by atoms with Crippen LogP contribution in [0.4, 0.5) is 0 Å². The van der Waals surface area contributed by atoms with E-state index >= 15 is 0 Å². The maximum absolute atomic E-state index is 3.11. The second-order valence-electron chi connectivity index (χ2n) is 14.3. The second kappa shape index (κ2) is 10.0. The van der Waals surface area contributed by atoms with Gasteiger partial charge in [0.15, 0.2) is 0 Å². The summed E-state index contributed by atoms with van der Waals surface area (Å²) >= 11 is 1.68. The molecule has 10 rings (SSSR count). The Morgan fingerprint density at radius 1 is 0.468 bits per heavy atom. The molecule has 0 amide bonds. The summed E-state index contributed by atoms with van der Waals surface area (Å²) in [5.41, 5.74) is 16.5. The summed E-state index contributed by atoms with van der Waals surface area (Å²) in [6.45, 7) is 11.8. The predicted octanol–water partition coefficient (Wildman–Crippen LogP) is 12.8. The van der Waals surface area contributed by atoms with Crippen LogP contribution in [-0.4, -0.2) is 4.37 Å². The van der Waals surface area contributed by atoms with Gasteiger partial charge in [-0.2, -0.15) is 0 Å². The largest absolute Gasteiger partial charge is 0.309 e. The van der Waals surface area contributed by atoms with Crippen LogP contribution in [-0.2, 0) is 10.8 Å². The van der Waals surface area contributed by atoms with E-state index in [1.165, 1.54) is 93.0 Å². The Bertz CT molecular complexity index is 2510. The lowest BCUT2D eigenvalue weighted by molar-refractivity contribution is 0.660. The number of hydrogen-bond acceptors (Lipinski definition) is 1. The summed E-state index contributed by atoms with van der Waals surface area (Å²) in [5.74, 6) is 0. The van der Waals surface area contributed by atoms with Crippen molar-refractivity contribution in [1.82, 2.24) is 4.37 Å². The van der Waals surface area contributed by atoms with Crippen LogP contribution in [0.15, 0.2) is 127 Å². The average molecular weight is 624 g/mol. The van der Waals surface area contributed by atoms with E-state index in [2.05, 4.69) is 154 Å². The molecular formula is C45H37NS. The molecule has 2 heteroatoms. The topological polar surface area (TPSA) is 15.8 Å². The lowest BCUT2D eigenvalue weighted by Gasteiger charge is -2.24. The number of rotatable bonds is 1. The highest BCUT2D eigenvalue weighted by Crippen LogP contribution is 2.53. The van der Waals surface area contributed by atoms with E-state index in [9.17, 15) is 0 Å². The predicted molar refractivity (Wildman–Crippen MR) is 203 cm³/mol. The van der Waals surface area contributed by atoms with Gasteiger partial charge >= 0.3 is 0 Å². The van der Waals surface area contributed by atoms with Gasteiger partial charge in [-0.15, -0.1) is 0 Å². The molecule has 0 saturated heterocycles. The van der Waals surface area contributed by atoms with Gasteiger partial charge < -0.3 is 4.37 Å². The molecule has 0 fully saturated rings. The molecular weight excluding hydrogens is 587 g/mol. The molecule has 1 heterocycles. The maximum atomic E-state index is 3.11. The van der Waals surface area contributed by atoms with E-state index in [0.29, 0.717) is 0 Å². The molecule has 0 aliphatic heterocycles. The van der Waals surface area contributed by atoms with Crippen LogP contribution >= 0.6 is 11.5 Å². The molecule has 1 aromatic heterocycles. The number of H-pyrrole nitrogens is 1. The Morgan fingerprint density at radius 2 is 1.04 bits per heavy atom. The van der Waals surface area contributed by atoms with Crippen molar-refractivity contribution in [2.24, 2.45) is 0 Å². The van der Waals surface area contributed by atoms with Crippen LogP contribution < -0.4 is 0 Å². The highest BCUT2D eigenvalue weighted by atomic mass is 32.1. The molecule has 0 radical (unpaired) electrons. The van der Waals surface area contributed by atoms with Crippen molar-refractivity contribution in [3.05, 3.63) is 155 Å². The van der Waals surface area contributed by atoms with E-state index in [-0.39, 0.29) is 10.8 Å². The average Bonchev–Trinajstić information content (AvgIpc) is 3.44. The monoisotopic (exact) mass is 623 g/mol. The maximum Gasteiger partial charge on any atom is 0.0683 e. The van der Waals surface area contributed by atoms with E-state index in [0.717, 1.165) is 0 Å². The van der Waals surface area contributed by atoms with Gasteiger partial charge in [0.2, 0.25) is 0 Å². The van der Waals surface area contributed by atoms with Crippen LogP contribution in [0.5, 0.6) is 0 Å². The fraction of sp³-hybridized carbons (Fsp3) is 0.156. The van der Waals surface area contributed by atoms with Crippen molar-refractivity contribution >= 4 is 43.3 Å². The van der Waals surface area contributed by atoms with Crippen LogP contribution in [0.3, 0.4) is 0 Å². The van der Waals surface area contributed by atoms with Crippen LogP contribution in [0.1, 0.15) is 55.5 Å². The van der Waals surface area contributed by atoms with E-state index in [1.807, 2.05) is 12.1 Å². The van der Waals surface area contributed by atoms with Crippen molar-refractivity contribution < 1.29 is 0 Å². The van der Waals surface area contributed by atoms with Crippen molar-refractivity contribution in [2.45, 2.75) is 45.4 Å². The molecule has 0 atom stereocenters. The van der Waals surface area contributed by atoms with Crippen LogP contribution in [0.2, 0.25) is 0 Å². The first-order valence-electron chi connectivity index (χ1n) is 16.6. The SMILES string of the molecule is Cc1c2ccccc2c(-c2ccc3c(c2)C(C)(C)c2ccccc2-3)c2cc3c(cc12)-c1ccccc1C3(C)C.c1ccc2s[nH]c2c1. The number of nitrogens with one attached hydrogen (secondary N) is 1. The van der Waals surface area contributed by atoms with Gasteiger partial charge in [0, 0.05) is 10.8 Å². The molecule has 2 aliphatic rings. The van der Waals surface area contributed by atoms with Gasteiger partial charge in [0.05, 0.1) is 10.2 Å². The molecule has 1 N–H and O–H groups in total. The Balaban J connectivity index is 0.000000329. The van der Waals surface area contributed by atoms with E-state index < -0.39 is 0 Å². The summed E-state index contributed by atoms with van der Waals surface area (Å²) in [7, 11) is 0. The minimum atomic E-state index is -0.0293. The van der Waals surface area contributed by atoms with Crippen LogP contribution in [0.25, 0.3) is 65.1 Å². The molecule has 0 spiro atoms. The van der Waals surface area contributed by atoms with E-state index in [1.54, 1.807) is 11.5 Å². The number of fused-ring (bicyclic) bond motifs is 9. The molecule has 228 valence electrons. The number of benzene rings is 7. The first-order valence-corrected chi connectivity index (χ1v) is 17.4. The molecule has 47 heavy (non-hydrogen) atoms. The van der Waals surface area contributed by atoms with Crippen molar-refractivity contribution in [3.63, 3.8) is 0 Å². The third kappa shape index (κ3) is 4.01. The first kappa shape index (κ1) is 28.3. The fourth-order valence-electron chi connectivity index (χ4n) is 8.46. The molecule has 0 saturated carbocycles. The lowest BCUT2D eigenvalue weighted by atomic mass is 9.79. The molecule has 8 aromatic rings. The zero-order valence-corrected chi connectivity index (χ0v) is 28.3. The van der Waals surface area contributed by atoms with Gasteiger partial charge in [-0.1, -0.05) is 136 Å². The van der Waals surface area contributed by atoms with E-state index in [4.69, 9.17) is 0 Å². The number of aromatic amines is 1. The second-order valence-corrected chi connectivity index (χ2v) is 15.1. The Morgan fingerprint density at radius 3 is 1.68 bits per heavy atom. The normalized spacial score (nSPS) is 14.8. The summed E-state index contributed by atoms with van der Waals surface area (Å²) in [6.07, 6.45) is 0. The van der Waals surface area contributed by atoms with Gasteiger partial charge in [-0.3, -0.25) is 0 Å². The number of para-hydroxylation sites is 1. The fourth-order valence-corrected chi connectivity index (χ4v) is 9.08. The van der Waals surface area contributed by atoms with Gasteiger partial charge in [0.1, 0.15) is 0 Å². The van der Waals surface area contributed by atoms with Gasteiger partial charge in [0.25, 0.3) is 0 Å². The standard InChI is InChI=1S/C39H32.C6H5NS/c1-23-25-12-6-7-15-29(25)37(24-18-19-28-26-13-8-10-16-33(26)38(2,3)35(28)20-24)32-22-36-31(21-30(23)32)27-14-9-11-17-34(27)39(36,4)5;1-2-4-6-5(3-1)7-8-6/h6-22H,1-5H3;1-4,7H. The lowest BCUT2D eigenvalue weighted by Crippen LogP contribution is -2.15. The third-order valence-corrected chi connectivity index (χ3v) is 11.9. The molecule has 2 aliphatic carbocycles. The molecule has 0 unspecified atom stereocenters. The summed E-state index contributed by atoms with van der Waals surface area (Å²) < 4.78 is 4.46. The third-order valence-electron chi connectivity index (χ3n) is 11.0. The highest BCUT2D eigenvalue weighted by Gasteiger charge is 2.37. The van der Waals surface area contributed by atoms with Crippen molar-refractivity contribution in [1.29, 1.82) is 0 Å². The van der Waals surface area contributed by atoms with Crippen LogP contribution in [0, 0.1) is 6.92 Å². The number of hydrogen-bond donors (Lipinski definition) is 1. The first-order chi connectivity index (χ1) is 22.7. The Labute approximate surface area is 280 Å². The van der Waals surface area contributed by atoms with Gasteiger partial charge in [-0.05, 0) is 120 Å². The Kier molecular flexibility index (Phi) is 6.05. The minimum absolute atomic E-state index is 0.0247.